The van der Waals surface area contributed by atoms with Crippen molar-refractivity contribution in [3.05, 3.63) is 57.1 Å². The zero-order chi connectivity index (χ0) is 22.1. The number of hydrogen-bond acceptors (Lipinski definition) is 7. The summed E-state index contributed by atoms with van der Waals surface area (Å²) in [5.74, 6) is -1.87. The smallest absolute Gasteiger partial charge is 0.264 e. The van der Waals surface area contributed by atoms with E-state index in [2.05, 4.69) is 10.3 Å². The molecule has 3 rings (SSSR count). The fraction of sp³-hybridized carbons (Fsp3) is 0.350. The van der Waals surface area contributed by atoms with Gasteiger partial charge in [-0.15, -0.1) is 0 Å². The van der Waals surface area contributed by atoms with Crippen LogP contribution >= 0.6 is 0 Å². The number of aromatic nitrogens is 3. The number of benzene rings is 1. The molecule has 0 bridgehead atoms. The highest BCUT2D eigenvalue weighted by molar-refractivity contribution is 5.90. The molecule has 3 aromatic rings. The summed E-state index contributed by atoms with van der Waals surface area (Å²) in [6, 6.07) is 5.30. The molecule has 1 aromatic carbocycles. The number of aliphatic hydroxyl groups is 1. The Bertz CT molecular complexity index is 1200. The van der Waals surface area contributed by atoms with E-state index in [4.69, 9.17) is 10.5 Å². The Kier molecular flexibility index (Phi) is 5.90. The summed E-state index contributed by atoms with van der Waals surface area (Å²) in [7, 11) is 1.51. The zero-order valence-electron chi connectivity index (χ0n) is 17.0. The first kappa shape index (κ1) is 21.5. The maximum absolute atomic E-state index is 14.2. The minimum Gasteiger partial charge on any atom is -0.399 e. The van der Waals surface area contributed by atoms with Crippen LogP contribution in [0.1, 0.15) is 20.3 Å². The molecule has 0 atom stereocenters. The monoisotopic (exact) mass is 417 g/mol. The second kappa shape index (κ2) is 8.25. The first-order valence-electron chi connectivity index (χ1n) is 9.34. The minimum atomic E-state index is -1.26. The maximum atomic E-state index is 14.2. The molecule has 10 heteroatoms. The fourth-order valence-corrected chi connectivity index (χ4v) is 2.96. The fourth-order valence-electron chi connectivity index (χ4n) is 2.96. The van der Waals surface area contributed by atoms with E-state index in [1.807, 2.05) is 0 Å². The average molecular weight is 417 g/mol. The summed E-state index contributed by atoms with van der Waals surface area (Å²) in [5.41, 5.74) is 5.44. The summed E-state index contributed by atoms with van der Waals surface area (Å²) >= 11 is 0. The summed E-state index contributed by atoms with van der Waals surface area (Å²) in [6.07, 6.45) is 1.81. The summed E-state index contributed by atoms with van der Waals surface area (Å²) in [6.45, 7) is 3.57. The van der Waals surface area contributed by atoms with Gasteiger partial charge in [-0.1, -0.05) is 0 Å². The predicted molar refractivity (Wildman–Crippen MR) is 112 cm³/mol. The molecule has 0 saturated carbocycles. The van der Waals surface area contributed by atoms with Crippen molar-refractivity contribution in [1.29, 1.82) is 0 Å². The summed E-state index contributed by atoms with van der Waals surface area (Å²) in [4.78, 5) is 29.7. The van der Waals surface area contributed by atoms with E-state index in [0.717, 1.165) is 6.07 Å². The number of aryl methyl sites for hydroxylation is 2. The molecule has 0 amide bonds. The van der Waals surface area contributed by atoms with Crippen LogP contribution in [0.5, 0.6) is 0 Å². The molecule has 0 saturated heterocycles. The van der Waals surface area contributed by atoms with Gasteiger partial charge in [-0.3, -0.25) is 18.7 Å². The normalized spacial score (nSPS) is 11.8. The largest absolute Gasteiger partial charge is 0.399 e. The van der Waals surface area contributed by atoms with Crippen molar-refractivity contribution < 1.29 is 14.2 Å². The van der Waals surface area contributed by atoms with E-state index in [1.54, 1.807) is 0 Å². The molecule has 0 aliphatic rings. The quantitative estimate of drug-likeness (QED) is 0.304. The molecule has 9 nitrogen and oxygen atoms in total. The second-order valence-corrected chi connectivity index (χ2v) is 7.41. The van der Waals surface area contributed by atoms with Gasteiger partial charge in [0, 0.05) is 25.3 Å². The van der Waals surface area contributed by atoms with Crippen LogP contribution in [-0.4, -0.2) is 31.6 Å². The van der Waals surface area contributed by atoms with Gasteiger partial charge in [0.15, 0.2) is 11.4 Å². The molecule has 0 fully saturated rings. The molecule has 0 aliphatic heterocycles. The van der Waals surface area contributed by atoms with E-state index in [1.165, 1.54) is 54.6 Å². The SMILES string of the molecule is Cn1c(=O)cc(Nc2ccc(N)cc2F)c2c(=O)n(CCCOC(C)(C)O)cnc21. The first-order valence-corrected chi connectivity index (χ1v) is 9.34. The highest BCUT2D eigenvalue weighted by Gasteiger charge is 2.16. The second-order valence-electron chi connectivity index (χ2n) is 7.41. The zero-order valence-corrected chi connectivity index (χ0v) is 17.0. The highest BCUT2D eigenvalue weighted by atomic mass is 19.1. The molecule has 0 aliphatic carbocycles. The number of nitrogens with one attached hydrogen (secondary N) is 1. The van der Waals surface area contributed by atoms with Crippen molar-refractivity contribution in [3.63, 3.8) is 0 Å². The Morgan fingerprint density at radius 2 is 2.00 bits per heavy atom. The number of halogens is 1. The molecule has 2 aromatic heterocycles. The number of anilines is 3. The van der Waals surface area contributed by atoms with Crippen LogP contribution in [0.15, 0.2) is 40.2 Å². The number of rotatable bonds is 7. The van der Waals surface area contributed by atoms with Gasteiger partial charge in [0.05, 0.1) is 24.3 Å². The molecular formula is C20H24FN5O4. The van der Waals surface area contributed by atoms with Crippen molar-refractivity contribution in [2.75, 3.05) is 17.7 Å². The number of nitrogens with zero attached hydrogens (tertiary/aromatic N) is 3. The number of hydrogen-bond donors (Lipinski definition) is 3. The van der Waals surface area contributed by atoms with Gasteiger partial charge >= 0.3 is 0 Å². The molecule has 160 valence electrons. The Morgan fingerprint density at radius 1 is 1.27 bits per heavy atom. The van der Waals surface area contributed by atoms with E-state index < -0.39 is 22.7 Å². The topological polar surface area (TPSA) is 124 Å². The van der Waals surface area contributed by atoms with Gasteiger partial charge in [0.2, 0.25) is 0 Å². The van der Waals surface area contributed by atoms with Crippen LogP contribution in [0.4, 0.5) is 21.5 Å². The number of pyridine rings is 1. The molecule has 4 N–H and O–H groups in total. The van der Waals surface area contributed by atoms with Crippen molar-refractivity contribution in [2.24, 2.45) is 7.05 Å². The van der Waals surface area contributed by atoms with Crippen molar-refractivity contribution >= 4 is 28.1 Å². The van der Waals surface area contributed by atoms with Gasteiger partial charge in [-0.2, -0.15) is 0 Å². The Balaban J connectivity index is 2.01. The molecule has 2 heterocycles. The van der Waals surface area contributed by atoms with Crippen molar-refractivity contribution in [1.82, 2.24) is 14.1 Å². The molecule has 0 radical (unpaired) electrons. The predicted octanol–water partition coefficient (Wildman–Crippen LogP) is 1.70. The Labute approximate surface area is 171 Å². The van der Waals surface area contributed by atoms with Gasteiger partial charge < -0.3 is 20.9 Å². The van der Waals surface area contributed by atoms with Gasteiger partial charge in [-0.05, 0) is 38.5 Å². The van der Waals surface area contributed by atoms with Gasteiger partial charge in [-0.25, -0.2) is 9.37 Å². The van der Waals surface area contributed by atoms with Crippen LogP contribution < -0.4 is 22.2 Å². The summed E-state index contributed by atoms with van der Waals surface area (Å²) in [5, 5.41) is 12.6. The van der Waals surface area contributed by atoms with Crippen LogP contribution in [-0.2, 0) is 18.3 Å². The van der Waals surface area contributed by atoms with Crippen molar-refractivity contribution in [2.45, 2.75) is 32.6 Å². The maximum Gasteiger partial charge on any atom is 0.264 e. The number of nitrogens with two attached hydrogens (primary N) is 1. The molecule has 0 unspecified atom stereocenters. The standard InChI is InChI=1S/C20H24FN5O4/c1-20(2,29)30-8-4-7-26-11-23-18-17(19(26)28)15(10-16(27)25(18)3)24-14-6-5-12(22)9-13(14)21/h5-6,9-11,24,29H,4,7-8,22H2,1-3H3. The van der Waals surface area contributed by atoms with E-state index in [0.29, 0.717) is 6.42 Å². The number of nitrogen functional groups attached to an aromatic ring is 1. The van der Waals surface area contributed by atoms with Crippen LogP contribution in [0.25, 0.3) is 11.0 Å². The average Bonchev–Trinajstić information content (AvgIpc) is 2.65. The van der Waals surface area contributed by atoms with Crippen LogP contribution in [0.3, 0.4) is 0 Å². The lowest BCUT2D eigenvalue weighted by Crippen LogP contribution is -2.28. The Morgan fingerprint density at radius 3 is 2.67 bits per heavy atom. The third kappa shape index (κ3) is 4.66. The molecule has 0 spiro atoms. The lowest BCUT2D eigenvalue weighted by Gasteiger charge is -2.18. The van der Waals surface area contributed by atoms with Gasteiger partial charge in [0.25, 0.3) is 11.1 Å². The summed E-state index contributed by atoms with van der Waals surface area (Å²) < 4.78 is 22.1. The van der Waals surface area contributed by atoms with Crippen LogP contribution in [0, 0.1) is 5.82 Å². The molecule has 30 heavy (non-hydrogen) atoms. The van der Waals surface area contributed by atoms with E-state index >= 15 is 0 Å². The lowest BCUT2D eigenvalue weighted by atomic mass is 10.2. The molecular weight excluding hydrogens is 393 g/mol. The van der Waals surface area contributed by atoms with Gasteiger partial charge in [0.1, 0.15) is 11.2 Å². The highest BCUT2D eigenvalue weighted by Crippen LogP contribution is 2.24. The number of fused-ring (bicyclic) bond motifs is 1. The Hall–Kier alpha value is -3.24. The van der Waals surface area contributed by atoms with E-state index in [9.17, 15) is 19.1 Å². The van der Waals surface area contributed by atoms with Crippen LogP contribution in [0.2, 0.25) is 0 Å². The van der Waals surface area contributed by atoms with Crippen molar-refractivity contribution in [3.8, 4) is 0 Å². The lowest BCUT2D eigenvalue weighted by molar-refractivity contribution is -0.176. The van der Waals surface area contributed by atoms with E-state index in [-0.39, 0.29) is 41.2 Å². The third-order valence-electron chi connectivity index (χ3n) is 4.46. The minimum absolute atomic E-state index is 0.0760. The third-order valence-corrected chi connectivity index (χ3v) is 4.46. The number of ether oxygens (including phenoxy) is 1. The first-order chi connectivity index (χ1) is 14.1.